The number of hydrogen-bond acceptors (Lipinski definition) is 10. The van der Waals surface area contributed by atoms with Crippen molar-refractivity contribution in [2.24, 2.45) is 0 Å². The molecule has 4 aromatic heterocycles. The summed E-state index contributed by atoms with van der Waals surface area (Å²) in [5.41, 5.74) is 7.58. The first-order chi connectivity index (χ1) is 27.2. The summed E-state index contributed by atoms with van der Waals surface area (Å²) in [4.78, 5) is 31.1. The van der Waals surface area contributed by atoms with Crippen LogP contribution in [-0.4, -0.2) is 50.1 Å². The predicted molar refractivity (Wildman–Crippen MR) is 225 cm³/mol. The average Bonchev–Trinajstić information content (AvgIpc) is 4.03. The molecule has 0 spiro atoms. The minimum absolute atomic E-state index is 0.206. The molecule has 8 rings (SSSR count). The van der Waals surface area contributed by atoms with Crippen molar-refractivity contribution in [3.8, 4) is 27.9 Å². The van der Waals surface area contributed by atoms with E-state index in [2.05, 4.69) is 15.4 Å². The number of hydrogen-bond donors (Lipinski definition) is 4. The van der Waals surface area contributed by atoms with Crippen LogP contribution in [0.5, 0.6) is 0 Å². The molecule has 278 valence electrons. The second-order valence-corrected chi connectivity index (χ2v) is 16.0. The highest BCUT2D eigenvalue weighted by molar-refractivity contribution is 8.05. The SMILES string of the molecule is N#CSc1ccc(C(C[N+](=O)[O-])c2c(-c3ccccc3)[nH]c3ccccc23)s1.O=[N+]([O-])CC(c1cccs1)c1c(-c2ccc(B(O)O)cc2)[nH]c2ccccc12. The third-order valence-corrected chi connectivity index (χ3v) is 12.3. The molecule has 0 amide bonds. The molecule has 0 saturated carbocycles. The number of thiophene rings is 2. The van der Waals surface area contributed by atoms with Gasteiger partial charge in [0, 0.05) is 64.3 Å². The quantitative estimate of drug-likeness (QED) is 0.0311. The molecule has 4 N–H and O–H groups in total. The molecule has 4 heterocycles. The Morgan fingerprint density at radius 3 is 1.73 bits per heavy atom. The van der Waals surface area contributed by atoms with Gasteiger partial charge in [-0.3, -0.25) is 20.2 Å². The number of benzene rings is 4. The lowest BCUT2D eigenvalue weighted by molar-refractivity contribution is -0.481. The number of rotatable bonds is 12. The van der Waals surface area contributed by atoms with E-state index in [4.69, 9.17) is 5.26 Å². The van der Waals surface area contributed by atoms with Gasteiger partial charge in [0.2, 0.25) is 13.1 Å². The van der Waals surface area contributed by atoms with Gasteiger partial charge in [0.25, 0.3) is 0 Å². The van der Waals surface area contributed by atoms with Gasteiger partial charge in [-0.05, 0) is 52.3 Å². The number of fused-ring (bicyclic) bond motifs is 2. The monoisotopic (exact) mass is 797 g/mol. The Balaban J connectivity index is 0.000000172. The standard InChI is InChI=1S/C21H15N3O2S2.C20H17BN2O4S/c22-13-27-19-11-10-18(28-19)16(12-24(25)26)20-15-8-4-5-9-17(15)23-21(20)14-6-2-1-3-7-14;24-21(25)14-9-7-13(8-10-14)20-19(15-4-1-2-5-17(15)22-20)16(12-23(26)27)18-6-3-11-28-18/h1-11,16,23H,12H2;1-11,16,22,24-25H,12H2. The van der Waals surface area contributed by atoms with E-state index in [1.54, 1.807) is 24.3 Å². The van der Waals surface area contributed by atoms with Crippen LogP contribution < -0.4 is 5.46 Å². The summed E-state index contributed by atoms with van der Waals surface area (Å²) in [6.45, 7) is -0.415. The molecule has 0 aliphatic carbocycles. The number of nitrogens with one attached hydrogen (secondary N) is 2. The lowest BCUT2D eigenvalue weighted by atomic mass is 9.80. The summed E-state index contributed by atoms with van der Waals surface area (Å²) in [7, 11) is -1.54. The van der Waals surface area contributed by atoms with Gasteiger partial charge in [0.15, 0.2) is 0 Å². The highest BCUT2D eigenvalue weighted by Crippen LogP contribution is 2.43. The van der Waals surface area contributed by atoms with Crippen molar-refractivity contribution in [3.63, 3.8) is 0 Å². The fourth-order valence-electron chi connectivity index (χ4n) is 6.99. The van der Waals surface area contributed by atoms with Crippen molar-refractivity contribution in [2.45, 2.75) is 16.0 Å². The summed E-state index contributed by atoms with van der Waals surface area (Å²) in [5.74, 6) is -0.788. The molecule has 11 nitrogen and oxygen atoms in total. The number of nitriles is 1. The minimum Gasteiger partial charge on any atom is -0.423 e. The lowest BCUT2D eigenvalue weighted by Crippen LogP contribution is -2.29. The average molecular weight is 798 g/mol. The summed E-state index contributed by atoms with van der Waals surface area (Å²) in [6.07, 6.45) is 0. The normalized spacial score (nSPS) is 12.1. The number of nitrogens with zero attached hydrogens (tertiary/aromatic N) is 3. The Kier molecular flexibility index (Phi) is 11.8. The highest BCUT2D eigenvalue weighted by atomic mass is 32.2. The maximum absolute atomic E-state index is 11.5. The van der Waals surface area contributed by atoms with Crippen molar-refractivity contribution in [1.29, 1.82) is 5.26 Å². The van der Waals surface area contributed by atoms with Crippen molar-refractivity contribution < 1.29 is 19.9 Å². The fourth-order valence-corrected chi connectivity index (χ4v) is 9.45. The van der Waals surface area contributed by atoms with Crippen molar-refractivity contribution >= 4 is 68.8 Å². The van der Waals surface area contributed by atoms with E-state index >= 15 is 0 Å². The third kappa shape index (κ3) is 8.30. The van der Waals surface area contributed by atoms with Gasteiger partial charge < -0.3 is 20.0 Å². The predicted octanol–water partition coefficient (Wildman–Crippen LogP) is 8.86. The molecule has 0 fully saturated rings. The Labute approximate surface area is 333 Å². The van der Waals surface area contributed by atoms with E-state index in [1.165, 1.54) is 22.7 Å². The van der Waals surface area contributed by atoms with E-state index in [0.717, 1.165) is 81.2 Å². The third-order valence-electron chi connectivity index (χ3n) is 9.39. The molecule has 4 aromatic carbocycles. The van der Waals surface area contributed by atoms with Crippen molar-refractivity contribution in [1.82, 2.24) is 9.97 Å². The van der Waals surface area contributed by atoms with E-state index in [9.17, 15) is 30.3 Å². The number of H-pyrrole nitrogens is 2. The first-order valence-corrected chi connectivity index (χ1v) is 19.9. The van der Waals surface area contributed by atoms with Gasteiger partial charge in [0.1, 0.15) is 5.40 Å². The molecule has 0 radical (unpaired) electrons. The Hall–Kier alpha value is -6.02. The number of thiocyanates is 1. The highest BCUT2D eigenvalue weighted by Gasteiger charge is 2.30. The maximum atomic E-state index is 11.5. The van der Waals surface area contributed by atoms with Gasteiger partial charge in [-0.2, -0.15) is 5.26 Å². The largest absolute Gasteiger partial charge is 0.488 e. The molecule has 2 atom stereocenters. The molecule has 2 unspecified atom stereocenters. The molecule has 8 aromatic rings. The van der Waals surface area contributed by atoms with Gasteiger partial charge in [-0.15, -0.1) is 22.7 Å². The topological polar surface area (TPSA) is 182 Å². The first-order valence-electron chi connectivity index (χ1n) is 17.4. The molecule has 0 aliphatic rings. The summed E-state index contributed by atoms with van der Waals surface area (Å²) in [6, 6.07) is 40.0. The van der Waals surface area contributed by atoms with Crippen LogP contribution in [0.2, 0.25) is 0 Å². The number of para-hydroxylation sites is 2. The summed E-state index contributed by atoms with van der Waals surface area (Å²) in [5, 5.41) is 56.5. The molecule has 0 aliphatic heterocycles. The van der Waals surface area contributed by atoms with Gasteiger partial charge in [-0.25, -0.2) is 0 Å². The van der Waals surface area contributed by atoms with E-state index in [-0.39, 0.29) is 28.9 Å². The number of aromatic amines is 2. The van der Waals surface area contributed by atoms with Crippen LogP contribution in [-0.2, 0) is 0 Å². The van der Waals surface area contributed by atoms with Crippen LogP contribution in [0.4, 0.5) is 0 Å². The number of thioether (sulfide) groups is 1. The summed E-state index contributed by atoms with van der Waals surface area (Å²) >= 11 is 4.03. The molecule has 0 bridgehead atoms. The molecular weight excluding hydrogens is 765 g/mol. The lowest BCUT2D eigenvalue weighted by Gasteiger charge is -2.14. The van der Waals surface area contributed by atoms with Crippen LogP contribution in [0.1, 0.15) is 32.7 Å². The second-order valence-electron chi connectivity index (χ2n) is 12.8. The Morgan fingerprint density at radius 2 is 1.21 bits per heavy atom. The maximum Gasteiger partial charge on any atom is 0.488 e. The van der Waals surface area contributed by atoms with Gasteiger partial charge in [-0.1, -0.05) is 97.1 Å². The van der Waals surface area contributed by atoms with E-state index in [0.29, 0.717) is 5.46 Å². The minimum atomic E-state index is -1.54. The molecular formula is C41H32BN5O6S3. The van der Waals surface area contributed by atoms with Gasteiger partial charge >= 0.3 is 7.12 Å². The van der Waals surface area contributed by atoms with Crippen LogP contribution in [0, 0.1) is 30.9 Å². The van der Waals surface area contributed by atoms with Crippen LogP contribution >= 0.6 is 34.4 Å². The summed E-state index contributed by atoms with van der Waals surface area (Å²) < 4.78 is 0.840. The zero-order valence-corrected chi connectivity index (χ0v) is 31.9. The number of aromatic nitrogens is 2. The van der Waals surface area contributed by atoms with Crippen LogP contribution in [0.25, 0.3) is 44.3 Å². The molecule has 56 heavy (non-hydrogen) atoms. The van der Waals surface area contributed by atoms with E-state index < -0.39 is 13.0 Å². The van der Waals surface area contributed by atoms with Crippen LogP contribution in [0.15, 0.2) is 137 Å². The van der Waals surface area contributed by atoms with Crippen molar-refractivity contribution in [2.75, 3.05) is 13.1 Å². The molecule has 0 saturated heterocycles. The Morgan fingerprint density at radius 1 is 0.679 bits per heavy atom. The zero-order chi connectivity index (χ0) is 39.2. The smallest absolute Gasteiger partial charge is 0.423 e. The second kappa shape index (κ2) is 17.2. The van der Waals surface area contributed by atoms with Gasteiger partial charge in [0.05, 0.1) is 27.4 Å². The van der Waals surface area contributed by atoms with Crippen LogP contribution in [0.3, 0.4) is 0 Å². The Bertz CT molecular complexity index is 2650. The first kappa shape index (κ1) is 38.3. The molecule has 15 heteroatoms. The fraction of sp³-hybridized carbons (Fsp3) is 0.0976. The zero-order valence-electron chi connectivity index (χ0n) is 29.4. The number of nitro groups is 2. The van der Waals surface area contributed by atoms with E-state index in [1.807, 2.05) is 109 Å². The van der Waals surface area contributed by atoms with Crippen molar-refractivity contribution in [3.05, 3.63) is 174 Å².